The normalized spacial score (nSPS) is 11.9. The van der Waals surface area contributed by atoms with Crippen LogP contribution < -0.4 is 10.6 Å². The summed E-state index contributed by atoms with van der Waals surface area (Å²) < 4.78 is 0. The first-order valence-electron chi connectivity index (χ1n) is 6.89. The van der Waals surface area contributed by atoms with E-state index in [0.29, 0.717) is 6.54 Å². The fourth-order valence-electron chi connectivity index (χ4n) is 1.80. The monoisotopic (exact) mass is 298 g/mol. The fraction of sp³-hybridized carbons (Fsp3) is 0.571. The van der Waals surface area contributed by atoms with Crippen molar-refractivity contribution in [3.8, 4) is 0 Å². The third-order valence-corrected chi connectivity index (χ3v) is 3.99. The fourth-order valence-corrected chi connectivity index (χ4v) is 2.59. The van der Waals surface area contributed by atoms with Crippen LogP contribution in [-0.4, -0.2) is 23.1 Å². The molecule has 0 aliphatic rings. The molecule has 0 aromatic carbocycles. The van der Waals surface area contributed by atoms with E-state index in [9.17, 15) is 9.59 Å². The van der Waals surface area contributed by atoms with Crippen LogP contribution in [0.15, 0.2) is 12.1 Å². The molecule has 0 bridgehead atoms. The van der Waals surface area contributed by atoms with Crippen LogP contribution in [0.5, 0.6) is 0 Å². The topological polar surface area (TPSA) is 78.4 Å². The van der Waals surface area contributed by atoms with E-state index in [1.807, 2.05) is 6.92 Å². The maximum atomic E-state index is 11.7. The van der Waals surface area contributed by atoms with Gasteiger partial charge >= 0.3 is 12.0 Å². The maximum Gasteiger partial charge on any atom is 0.345 e. The van der Waals surface area contributed by atoms with E-state index < -0.39 is 5.97 Å². The van der Waals surface area contributed by atoms with E-state index >= 15 is 0 Å². The molecule has 1 unspecified atom stereocenters. The molecule has 0 aliphatic carbocycles. The van der Waals surface area contributed by atoms with Crippen molar-refractivity contribution >= 4 is 23.3 Å². The minimum Gasteiger partial charge on any atom is -0.477 e. The summed E-state index contributed by atoms with van der Waals surface area (Å²) in [7, 11) is 0. The Morgan fingerprint density at radius 3 is 2.70 bits per heavy atom. The van der Waals surface area contributed by atoms with Crippen molar-refractivity contribution in [3.63, 3.8) is 0 Å². The van der Waals surface area contributed by atoms with Gasteiger partial charge in [-0.25, -0.2) is 9.59 Å². The van der Waals surface area contributed by atoms with E-state index in [1.54, 1.807) is 12.1 Å². The van der Waals surface area contributed by atoms with Gasteiger partial charge in [0.2, 0.25) is 0 Å². The molecule has 0 spiro atoms. The van der Waals surface area contributed by atoms with E-state index in [1.165, 1.54) is 24.2 Å². The molecule has 20 heavy (non-hydrogen) atoms. The van der Waals surface area contributed by atoms with Gasteiger partial charge in [-0.1, -0.05) is 26.2 Å². The molecule has 0 aliphatic heterocycles. The average Bonchev–Trinajstić information content (AvgIpc) is 2.85. The first kappa shape index (κ1) is 16.5. The molecule has 6 heteroatoms. The molecule has 1 rings (SSSR count). The molecule has 2 amide bonds. The molecule has 0 saturated heterocycles. The highest BCUT2D eigenvalue weighted by Crippen LogP contribution is 2.15. The number of urea groups is 1. The van der Waals surface area contributed by atoms with Gasteiger partial charge in [0.15, 0.2) is 0 Å². The summed E-state index contributed by atoms with van der Waals surface area (Å²) in [6.45, 7) is 4.49. The molecule has 1 atom stereocenters. The minimum atomic E-state index is -0.935. The zero-order chi connectivity index (χ0) is 15.0. The highest BCUT2D eigenvalue weighted by molar-refractivity contribution is 7.13. The zero-order valence-corrected chi connectivity index (χ0v) is 12.8. The standard InChI is InChI=1S/C14H22N2O3S/c1-3-4-5-6-10(2)16-14(19)15-9-11-7-8-12(20-11)13(17)18/h7-8,10H,3-6,9H2,1-2H3,(H,17,18)(H2,15,16,19). The van der Waals surface area contributed by atoms with E-state index in [2.05, 4.69) is 17.6 Å². The lowest BCUT2D eigenvalue weighted by molar-refractivity contribution is 0.0702. The first-order valence-corrected chi connectivity index (χ1v) is 7.71. The molecule has 1 aromatic rings. The lowest BCUT2D eigenvalue weighted by Crippen LogP contribution is -2.40. The molecule has 0 fully saturated rings. The van der Waals surface area contributed by atoms with Gasteiger partial charge in [-0.15, -0.1) is 11.3 Å². The van der Waals surface area contributed by atoms with Crippen molar-refractivity contribution in [3.05, 3.63) is 21.9 Å². The van der Waals surface area contributed by atoms with Crippen LogP contribution >= 0.6 is 11.3 Å². The van der Waals surface area contributed by atoms with E-state index in [4.69, 9.17) is 5.11 Å². The number of carboxylic acid groups (broad SMARTS) is 1. The lowest BCUT2D eigenvalue weighted by Gasteiger charge is -2.14. The quantitative estimate of drug-likeness (QED) is 0.645. The van der Waals surface area contributed by atoms with E-state index in [0.717, 1.165) is 17.7 Å². The van der Waals surface area contributed by atoms with Crippen molar-refractivity contribution in [1.29, 1.82) is 0 Å². The number of aromatic carboxylic acids is 1. The molecule has 1 heterocycles. The number of hydrogen-bond acceptors (Lipinski definition) is 3. The zero-order valence-electron chi connectivity index (χ0n) is 11.9. The second kappa shape index (κ2) is 8.58. The predicted octanol–water partition coefficient (Wildman–Crippen LogP) is 3.21. The Morgan fingerprint density at radius 1 is 1.35 bits per heavy atom. The number of carbonyl (C=O) groups excluding carboxylic acids is 1. The van der Waals surface area contributed by atoms with Gasteiger partial charge in [-0.3, -0.25) is 0 Å². The van der Waals surface area contributed by atoms with Gasteiger partial charge in [0.25, 0.3) is 0 Å². The smallest absolute Gasteiger partial charge is 0.345 e. The number of hydrogen-bond donors (Lipinski definition) is 3. The summed E-state index contributed by atoms with van der Waals surface area (Å²) in [6, 6.07) is 3.22. The van der Waals surface area contributed by atoms with Crippen LogP contribution in [0.4, 0.5) is 4.79 Å². The van der Waals surface area contributed by atoms with Crippen LogP contribution in [0.1, 0.15) is 54.1 Å². The average molecular weight is 298 g/mol. The predicted molar refractivity (Wildman–Crippen MR) is 80.3 cm³/mol. The highest BCUT2D eigenvalue weighted by Gasteiger charge is 2.09. The molecular formula is C14H22N2O3S. The lowest BCUT2D eigenvalue weighted by atomic mass is 10.1. The molecule has 3 N–H and O–H groups in total. The van der Waals surface area contributed by atoms with Crippen LogP contribution in [-0.2, 0) is 6.54 Å². The largest absolute Gasteiger partial charge is 0.477 e. The van der Waals surface area contributed by atoms with Gasteiger partial charge < -0.3 is 15.7 Å². The van der Waals surface area contributed by atoms with Gasteiger partial charge in [-0.2, -0.15) is 0 Å². The number of rotatable bonds is 8. The number of carboxylic acids is 1. The minimum absolute atomic E-state index is 0.152. The maximum absolute atomic E-state index is 11.7. The molecule has 0 saturated carbocycles. The Kier molecular flexibility index (Phi) is 7.08. The van der Waals surface area contributed by atoms with Gasteiger partial charge in [-0.05, 0) is 25.5 Å². The number of unbranched alkanes of at least 4 members (excludes halogenated alkanes) is 2. The number of carbonyl (C=O) groups is 2. The summed E-state index contributed by atoms with van der Waals surface area (Å²) in [6.07, 6.45) is 4.44. The number of amides is 2. The summed E-state index contributed by atoms with van der Waals surface area (Å²) in [5.74, 6) is -0.935. The Morgan fingerprint density at radius 2 is 2.10 bits per heavy atom. The van der Waals surface area contributed by atoms with Crippen molar-refractivity contribution < 1.29 is 14.7 Å². The van der Waals surface area contributed by atoms with Crippen molar-refractivity contribution in [2.45, 2.75) is 52.1 Å². The summed E-state index contributed by atoms with van der Waals surface area (Å²) >= 11 is 1.18. The third kappa shape index (κ3) is 6.06. The van der Waals surface area contributed by atoms with Crippen LogP contribution in [0.2, 0.25) is 0 Å². The Labute approximate surface area is 123 Å². The highest BCUT2D eigenvalue weighted by atomic mass is 32.1. The summed E-state index contributed by atoms with van der Waals surface area (Å²) in [5.41, 5.74) is 0. The van der Waals surface area contributed by atoms with Crippen LogP contribution in [0, 0.1) is 0 Å². The Bertz CT molecular complexity index is 445. The number of nitrogens with one attached hydrogen (secondary N) is 2. The van der Waals surface area contributed by atoms with Crippen molar-refractivity contribution in [2.75, 3.05) is 0 Å². The third-order valence-electron chi connectivity index (χ3n) is 2.91. The van der Waals surface area contributed by atoms with E-state index in [-0.39, 0.29) is 17.0 Å². The Balaban J connectivity index is 2.26. The molecule has 112 valence electrons. The first-order chi connectivity index (χ1) is 9.52. The van der Waals surface area contributed by atoms with Gasteiger partial charge in [0, 0.05) is 10.9 Å². The molecular weight excluding hydrogens is 276 g/mol. The van der Waals surface area contributed by atoms with Crippen molar-refractivity contribution in [2.24, 2.45) is 0 Å². The number of thiophene rings is 1. The second-order valence-corrected chi connectivity index (χ2v) is 5.96. The molecule has 1 aromatic heterocycles. The Hall–Kier alpha value is -1.56. The SMILES string of the molecule is CCCCCC(C)NC(=O)NCc1ccc(C(=O)O)s1. The second-order valence-electron chi connectivity index (χ2n) is 4.79. The molecule has 0 radical (unpaired) electrons. The van der Waals surface area contributed by atoms with Crippen LogP contribution in [0.25, 0.3) is 0 Å². The van der Waals surface area contributed by atoms with Gasteiger partial charge in [0.05, 0.1) is 6.54 Å². The summed E-state index contributed by atoms with van der Waals surface area (Å²) in [4.78, 5) is 23.5. The van der Waals surface area contributed by atoms with Crippen LogP contribution in [0.3, 0.4) is 0 Å². The summed E-state index contributed by atoms with van der Waals surface area (Å²) in [5, 5.41) is 14.4. The molecule has 5 nitrogen and oxygen atoms in total. The van der Waals surface area contributed by atoms with Crippen molar-refractivity contribution in [1.82, 2.24) is 10.6 Å². The van der Waals surface area contributed by atoms with Gasteiger partial charge in [0.1, 0.15) is 4.88 Å².